The molecule has 2 nitrogen and oxygen atoms in total. The average molecular weight is 154 g/mol. The minimum atomic E-state index is 0.771. The van der Waals surface area contributed by atoms with Crippen LogP contribution < -0.4 is 5.32 Å². The van der Waals surface area contributed by atoms with Gasteiger partial charge in [-0.1, -0.05) is 0 Å². The van der Waals surface area contributed by atoms with Gasteiger partial charge in [-0.05, 0) is 39.3 Å². The van der Waals surface area contributed by atoms with Crippen LogP contribution in [0, 0.1) is 5.92 Å². The van der Waals surface area contributed by atoms with Gasteiger partial charge < -0.3 is 10.2 Å². The number of fused-ring (bicyclic) bond motifs is 3. The zero-order chi connectivity index (χ0) is 7.84. The highest BCUT2D eigenvalue weighted by atomic mass is 15.2. The van der Waals surface area contributed by atoms with E-state index < -0.39 is 0 Å². The van der Waals surface area contributed by atoms with Crippen LogP contribution in [0.1, 0.15) is 19.3 Å². The van der Waals surface area contributed by atoms with Crippen molar-refractivity contribution in [3.05, 3.63) is 0 Å². The molecule has 2 heterocycles. The highest BCUT2D eigenvalue weighted by Crippen LogP contribution is 2.33. The molecular weight excluding hydrogens is 136 g/mol. The molecule has 0 spiro atoms. The van der Waals surface area contributed by atoms with Crippen LogP contribution in [0.3, 0.4) is 0 Å². The first-order chi connectivity index (χ1) is 5.31. The summed E-state index contributed by atoms with van der Waals surface area (Å²) in [6.07, 6.45) is 4.28. The van der Waals surface area contributed by atoms with Crippen LogP contribution in [0.4, 0.5) is 0 Å². The van der Waals surface area contributed by atoms with Gasteiger partial charge in [-0.3, -0.25) is 0 Å². The highest BCUT2D eigenvalue weighted by Gasteiger charge is 2.37. The first-order valence-electron chi connectivity index (χ1n) is 4.68. The predicted octanol–water partition coefficient (Wildman–Crippen LogP) is 0.688. The normalized spacial score (nSPS) is 44.7. The van der Waals surface area contributed by atoms with E-state index in [0.29, 0.717) is 0 Å². The SMILES string of the molecule is CNC1CC2CCC1N(C)C2. The lowest BCUT2D eigenvalue weighted by molar-refractivity contribution is 0.0430. The highest BCUT2D eigenvalue weighted by molar-refractivity contribution is 4.95. The maximum Gasteiger partial charge on any atom is 0.0246 e. The molecule has 0 amide bonds. The van der Waals surface area contributed by atoms with Crippen molar-refractivity contribution < 1.29 is 0 Å². The number of likely N-dealkylation sites (N-methyl/N-ethyl adjacent to an activating group) is 2. The number of hydrogen-bond donors (Lipinski definition) is 1. The summed E-state index contributed by atoms with van der Waals surface area (Å²) in [7, 11) is 4.36. The molecule has 3 atom stereocenters. The Hall–Kier alpha value is -0.0800. The minimum Gasteiger partial charge on any atom is -0.315 e. The standard InChI is InChI=1S/C9H18N2/c1-10-8-5-7-3-4-9(8)11(2)6-7/h7-10H,3-6H2,1-2H3. The van der Waals surface area contributed by atoms with Crippen molar-refractivity contribution in [2.75, 3.05) is 20.6 Å². The predicted molar refractivity (Wildman–Crippen MR) is 46.6 cm³/mol. The lowest BCUT2D eigenvalue weighted by atomic mass is 9.77. The van der Waals surface area contributed by atoms with Crippen LogP contribution in [-0.4, -0.2) is 37.6 Å². The second kappa shape index (κ2) is 2.76. The van der Waals surface area contributed by atoms with Gasteiger partial charge in [-0.2, -0.15) is 0 Å². The van der Waals surface area contributed by atoms with E-state index in [0.717, 1.165) is 18.0 Å². The van der Waals surface area contributed by atoms with Crippen LogP contribution in [0.5, 0.6) is 0 Å². The summed E-state index contributed by atoms with van der Waals surface area (Å²) in [5.74, 6) is 0.974. The van der Waals surface area contributed by atoms with Gasteiger partial charge in [-0.25, -0.2) is 0 Å². The van der Waals surface area contributed by atoms with E-state index >= 15 is 0 Å². The Morgan fingerprint density at radius 2 is 2.18 bits per heavy atom. The molecule has 2 saturated heterocycles. The first kappa shape index (κ1) is 7.56. The molecule has 1 aliphatic carbocycles. The largest absolute Gasteiger partial charge is 0.315 e. The molecule has 3 aliphatic rings. The second-order valence-electron chi connectivity index (χ2n) is 4.08. The molecule has 3 fully saturated rings. The van der Waals surface area contributed by atoms with Gasteiger partial charge in [-0.15, -0.1) is 0 Å². The van der Waals surface area contributed by atoms with Gasteiger partial charge >= 0.3 is 0 Å². The van der Waals surface area contributed by atoms with Crippen LogP contribution in [-0.2, 0) is 0 Å². The molecule has 11 heavy (non-hydrogen) atoms. The van der Waals surface area contributed by atoms with Crippen LogP contribution in [0.15, 0.2) is 0 Å². The van der Waals surface area contributed by atoms with Crippen LogP contribution in [0.25, 0.3) is 0 Å². The van der Waals surface area contributed by atoms with Crippen molar-refractivity contribution in [3.63, 3.8) is 0 Å². The smallest absolute Gasteiger partial charge is 0.0246 e. The van der Waals surface area contributed by atoms with Crippen molar-refractivity contribution in [2.45, 2.75) is 31.3 Å². The summed E-state index contributed by atoms with van der Waals surface area (Å²) in [4.78, 5) is 2.53. The Balaban J connectivity index is 2.07. The second-order valence-corrected chi connectivity index (χ2v) is 4.08. The molecule has 1 N–H and O–H groups in total. The molecule has 3 unspecified atom stereocenters. The van der Waals surface area contributed by atoms with Crippen molar-refractivity contribution in [3.8, 4) is 0 Å². The fourth-order valence-electron chi connectivity index (χ4n) is 2.79. The van der Waals surface area contributed by atoms with Gasteiger partial charge in [0.1, 0.15) is 0 Å². The molecule has 2 aliphatic heterocycles. The fourth-order valence-corrected chi connectivity index (χ4v) is 2.79. The molecule has 0 aromatic carbocycles. The third-order valence-electron chi connectivity index (χ3n) is 3.41. The van der Waals surface area contributed by atoms with Gasteiger partial charge in [0, 0.05) is 18.6 Å². The number of piperidine rings is 2. The summed E-state index contributed by atoms with van der Waals surface area (Å²) >= 11 is 0. The van der Waals surface area contributed by atoms with E-state index in [9.17, 15) is 0 Å². The molecule has 0 radical (unpaired) electrons. The quantitative estimate of drug-likeness (QED) is 0.598. The zero-order valence-corrected chi connectivity index (χ0v) is 7.51. The third-order valence-corrected chi connectivity index (χ3v) is 3.41. The molecule has 0 aromatic heterocycles. The zero-order valence-electron chi connectivity index (χ0n) is 7.51. The average Bonchev–Trinajstić information content (AvgIpc) is 2.04. The maximum atomic E-state index is 3.42. The summed E-state index contributed by atoms with van der Waals surface area (Å²) in [5.41, 5.74) is 0. The van der Waals surface area contributed by atoms with Gasteiger partial charge in [0.05, 0.1) is 0 Å². The minimum absolute atomic E-state index is 0.771. The van der Waals surface area contributed by atoms with E-state index in [2.05, 4.69) is 24.3 Å². The Morgan fingerprint density at radius 3 is 2.64 bits per heavy atom. The third kappa shape index (κ3) is 1.18. The summed E-state index contributed by atoms with van der Waals surface area (Å²) in [6.45, 7) is 1.34. The Labute approximate surface area is 69.0 Å². The molecule has 3 rings (SSSR count). The lowest BCUT2D eigenvalue weighted by Crippen LogP contribution is -2.57. The van der Waals surface area contributed by atoms with Crippen molar-refractivity contribution in [2.24, 2.45) is 5.92 Å². The Bertz CT molecular complexity index is 146. The number of nitrogens with zero attached hydrogens (tertiary/aromatic N) is 1. The Kier molecular flexibility index (Phi) is 1.90. The molecular formula is C9H18N2. The van der Waals surface area contributed by atoms with E-state index in [1.54, 1.807) is 0 Å². The number of nitrogens with one attached hydrogen (secondary N) is 1. The van der Waals surface area contributed by atoms with E-state index in [-0.39, 0.29) is 0 Å². The van der Waals surface area contributed by atoms with Gasteiger partial charge in [0.2, 0.25) is 0 Å². The van der Waals surface area contributed by atoms with Crippen LogP contribution >= 0.6 is 0 Å². The Morgan fingerprint density at radius 1 is 1.36 bits per heavy atom. The fraction of sp³-hybridized carbons (Fsp3) is 1.00. The van der Waals surface area contributed by atoms with Crippen molar-refractivity contribution in [1.29, 1.82) is 0 Å². The van der Waals surface area contributed by atoms with E-state index in [1.165, 1.54) is 25.8 Å². The molecule has 0 aromatic rings. The van der Waals surface area contributed by atoms with Crippen molar-refractivity contribution >= 4 is 0 Å². The lowest BCUT2D eigenvalue weighted by Gasteiger charge is -2.48. The number of hydrogen-bond acceptors (Lipinski definition) is 2. The molecule has 1 saturated carbocycles. The molecule has 2 bridgehead atoms. The monoisotopic (exact) mass is 154 g/mol. The van der Waals surface area contributed by atoms with E-state index in [1.807, 2.05) is 0 Å². The summed E-state index contributed by atoms with van der Waals surface area (Å²) in [5, 5.41) is 3.42. The number of rotatable bonds is 1. The maximum absolute atomic E-state index is 3.42. The topological polar surface area (TPSA) is 15.3 Å². The molecule has 2 heteroatoms. The van der Waals surface area contributed by atoms with E-state index in [4.69, 9.17) is 0 Å². The van der Waals surface area contributed by atoms with Gasteiger partial charge in [0.25, 0.3) is 0 Å². The van der Waals surface area contributed by atoms with Crippen molar-refractivity contribution in [1.82, 2.24) is 10.2 Å². The van der Waals surface area contributed by atoms with Crippen LogP contribution in [0.2, 0.25) is 0 Å². The first-order valence-corrected chi connectivity index (χ1v) is 4.68. The van der Waals surface area contributed by atoms with Gasteiger partial charge in [0.15, 0.2) is 0 Å². The summed E-state index contributed by atoms with van der Waals surface area (Å²) in [6, 6.07) is 1.59. The summed E-state index contributed by atoms with van der Waals surface area (Å²) < 4.78 is 0. The molecule has 64 valence electrons.